The number of amides is 2. The molecule has 0 aliphatic carbocycles. The maximum atomic E-state index is 12.8. The number of hydrogen-bond donors (Lipinski definition) is 3. The molecule has 7 heteroatoms. The number of anilines is 1. The molecule has 1 saturated heterocycles. The maximum Gasteiger partial charge on any atom is 0.279 e. The Labute approximate surface area is 163 Å². The Balaban J connectivity index is 1.31. The monoisotopic (exact) mass is 378 g/mol. The Bertz CT molecular complexity index is 987. The molecule has 3 aromatic rings. The number of hydrogen-bond acceptors (Lipinski definition) is 3. The highest BCUT2D eigenvalue weighted by Gasteiger charge is 2.28. The highest BCUT2D eigenvalue weighted by Crippen LogP contribution is 2.16. The summed E-state index contributed by atoms with van der Waals surface area (Å²) in [7, 11) is 0. The first-order valence-corrected chi connectivity index (χ1v) is 9.52. The molecule has 0 saturated carbocycles. The first-order valence-electron chi connectivity index (χ1n) is 9.52. The fourth-order valence-electron chi connectivity index (χ4n) is 3.55. The lowest BCUT2D eigenvalue weighted by molar-refractivity contribution is -0.895. The van der Waals surface area contributed by atoms with Crippen molar-refractivity contribution in [3.8, 4) is 0 Å². The smallest absolute Gasteiger partial charge is 0.279 e. The Hall–Kier alpha value is -3.19. The van der Waals surface area contributed by atoms with Crippen molar-refractivity contribution in [1.82, 2.24) is 15.1 Å². The number of quaternary nitrogens is 1. The van der Waals surface area contributed by atoms with Gasteiger partial charge in [0, 0.05) is 11.1 Å². The number of fused-ring (bicyclic) bond motifs is 1. The van der Waals surface area contributed by atoms with Gasteiger partial charge in [0.25, 0.3) is 11.8 Å². The van der Waals surface area contributed by atoms with E-state index in [0.717, 1.165) is 35.2 Å². The van der Waals surface area contributed by atoms with Crippen LogP contribution < -0.4 is 10.2 Å². The van der Waals surface area contributed by atoms with Gasteiger partial charge < -0.3 is 15.1 Å². The van der Waals surface area contributed by atoms with Crippen LogP contribution in [-0.4, -0.2) is 59.6 Å². The van der Waals surface area contributed by atoms with Crippen molar-refractivity contribution in [3.63, 3.8) is 0 Å². The summed E-state index contributed by atoms with van der Waals surface area (Å²) in [4.78, 5) is 28.1. The third-order valence-corrected chi connectivity index (χ3v) is 5.18. The van der Waals surface area contributed by atoms with Crippen LogP contribution in [0.2, 0.25) is 0 Å². The number of piperazine rings is 1. The molecule has 0 radical (unpaired) electrons. The molecule has 2 heterocycles. The SMILES string of the molecule is Cc1ccc(NC(=O)C[NH+]2CCN(C(=O)c3n[nH]c4ccccc34)CC2)cc1. The van der Waals surface area contributed by atoms with E-state index in [4.69, 9.17) is 0 Å². The van der Waals surface area contributed by atoms with Gasteiger partial charge in [0.1, 0.15) is 0 Å². The molecule has 1 aliphatic rings. The second-order valence-electron chi connectivity index (χ2n) is 7.25. The van der Waals surface area contributed by atoms with Gasteiger partial charge in [-0.3, -0.25) is 14.7 Å². The first-order chi connectivity index (χ1) is 13.6. The summed E-state index contributed by atoms with van der Waals surface area (Å²) in [6.07, 6.45) is 0. The van der Waals surface area contributed by atoms with Crippen molar-refractivity contribution in [3.05, 3.63) is 59.8 Å². The van der Waals surface area contributed by atoms with Gasteiger partial charge in [-0.15, -0.1) is 0 Å². The number of nitrogens with zero attached hydrogens (tertiary/aromatic N) is 2. The number of aromatic nitrogens is 2. The zero-order valence-electron chi connectivity index (χ0n) is 15.9. The highest BCUT2D eigenvalue weighted by atomic mass is 16.2. The molecule has 2 aromatic carbocycles. The van der Waals surface area contributed by atoms with Crippen LogP contribution in [0.4, 0.5) is 5.69 Å². The molecule has 0 bridgehead atoms. The normalized spacial score (nSPS) is 15.0. The summed E-state index contributed by atoms with van der Waals surface area (Å²) in [6.45, 7) is 5.15. The number of aryl methyl sites for hydroxylation is 1. The third-order valence-electron chi connectivity index (χ3n) is 5.18. The highest BCUT2D eigenvalue weighted by molar-refractivity contribution is 6.04. The molecule has 7 nitrogen and oxygen atoms in total. The van der Waals surface area contributed by atoms with E-state index in [2.05, 4.69) is 15.5 Å². The van der Waals surface area contributed by atoms with Gasteiger partial charge in [-0.2, -0.15) is 5.10 Å². The number of benzene rings is 2. The molecule has 144 valence electrons. The van der Waals surface area contributed by atoms with E-state index in [0.29, 0.717) is 25.3 Å². The van der Waals surface area contributed by atoms with Crippen LogP contribution in [0.25, 0.3) is 10.9 Å². The van der Waals surface area contributed by atoms with Crippen LogP contribution in [-0.2, 0) is 4.79 Å². The Morgan fingerprint density at radius 1 is 1.11 bits per heavy atom. The maximum absolute atomic E-state index is 12.8. The van der Waals surface area contributed by atoms with E-state index < -0.39 is 0 Å². The predicted octanol–water partition coefficient (Wildman–Crippen LogP) is 0.851. The summed E-state index contributed by atoms with van der Waals surface area (Å²) < 4.78 is 0. The lowest BCUT2D eigenvalue weighted by atomic mass is 10.2. The molecule has 3 N–H and O–H groups in total. The topological polar surface area (TPSA) is 82.5 Å². The van der Waals surface area contributed by atoms with E-state index in [1.165, 1.54) is 4.90 Å². The fraction of sp³-hybridized carbons (Fsp3) is 0.286. The van der Waals surface area contributed by atoms with Crippen LogP contribution in [0, 0.1) is 6.92 Å². The molecule has 0 unspecified atom stereocenters. The number of para-hydroxylation sites is 1. The van der Waals surface area contributed by atoms with Gasteiger partial charge in [0.2, 0.25) is 0 Å². The average molecular weight is 378 g/mol. The Morgan fingerprint density at radius 3 is 2.57 bits per heavy atom. The number of nitrogens with one attached hydrogen (secondary N) is 3. The van der Waals surface area contributed by atoms with Crippen molar-refractivity contribution >= 4 is 28.4 Å². The largest absolute Gasteiger partial charge is 0.326 e. The number of carbonyl (C=O) groups excluding carboxylic acids is 2. The summed E-state index contributed by atoms with van der Waals surface area (Å²) in [5.74, 6) is -0.0578. The molecule has 1 fully saturated rings. The molecule has 28 heavy (non-hydrogen) atoms. The van der Waals surface area contributed by atoms with Gasteiger partial charge >= 0.3 is 0 Å². The zero-order valence-corrected chi connectivity index (χ0v) is 15.9. The number of H-pyrrole nitrogens is 1. The summed E-state index contributed by atoms with van der Waals surface area (Å²) in [5, 5.41) is 10.9. The number of carbonyl (C=O) groups is 2. The Morgan fingerprint density at radius 2 is 1.82 bits per heavy atom. The first kappa shape index (κ1) is 18.2. The van der Waals surface area contributed by atoms with E-state index in [-0.39, 0.29) is 11.8 Å². The standard InChI is InChI=1S/C21H23N5O2/c1-15-6-8-16(9-7-15)22-19(27)14-25-10-12-26(13-11-25)21(28)20-17-4-2-3-5-18(17)23-24-20/h2-9H,10-14H2,1H3,(H,22,27)(H,23,24)/p+1. The molecule has 4 rings (SSSR count). The number of aromatic amines is 1. The molecular weight excluding hydrogens is 354 g/mol. The van der Waals surface area contributed by atoms with Crippen molar-refractivity contribution in [1.29, 1.82) is 0 Å². The van der Waals surface area contributed by atoms with E-state index in [9.17, 15) is 9.59 Å². The van der Waals surface area contributed by atoms with Crippen LogP contribution >= 0.6 is 0 Å². The molecular formula is C21H24N5O2+. The quantitative estimate of drug-likeness (QED) is 0.630. The van der Waals surface area contributed by atoms with Crippen molar-refractivity contribution in [2.75, 3.05) is 38.0 Å². The van der Waals surface area contributed by atoms with Crippen molar-refractivity contribution in [2.45, 2.75) is 6.92 Å². The molecule has 0 atom stereocenters. The molecule has 2 amide bonds. The van der Waals surface area contributed by atoms with Crippen LogP contribution in [0.5, 0.6) is 0 Å². The minimum Gasteiger partial charge on any atom is -0.326 e. The molecule has 1 aromatic heterocycles. The van der Waals surface area contributed by atoms with E-state index >= 15 is 0 Å². The second-order valence-corrected chi connectivity index (χ2v) is 7.25. The average Bonchev–Trinajstić information content (AvgIpc) is 3.14. The minimum atomic E-state index is -0.0550. The van der Waals surface area contributed by atoms with Crippen molar-refractivity contribution in [2.24, 2.45) is 0 Å². The van der Waals surface area contributed by atoms with Gasteiger partial charge in [0.05, 0.1) is 31.7 Å². The van der Waals surface area contributed by atoms with Crippen LogP contribution in [0.3, 0.4) is 0 Å². The lowest BCUT2D eigenvalue weighted by Gasteiger charge is -2.31. The third kappa shape index (κ3) is 3.89. The minimum absolute atomic E-state index is 0.00285. The van der Waals surface area contributed by atoms with E-state index in [1.807, 2.05) is 60.4 Å². The predicted molar refractivity (Wildman–Crippen MR) is 107 cm³/mol. The zero-order chi connectivity index (χ0) is 19.5. The van der Waals surface area contributed by atoms with E-state index in [1.54, 1.807) is 0 Å². The number of rotatable bonds is 4. The van der Waals surface area contributed by atoms with Gasteiger partial charge in [-0.05, 0) is 25.1 Å². The fourth-order valence-corrected chi connectivity index (χ4v) is 3.55. The Kier molecular flexibility index (Phi) is 5.08. The van der Waals surface area contributed by atoms with Gasteiger partial charge in [0.15, 0.2) is 12.2 Å². The van der Waals surface area contributed by atoms with Crippen LogP contribution in [0.1, 0.15) is 16.1 Å². The van der Waals surface area contributed by atoms with Crippen molar-refractivity contribution < 1.29 is 14.5 Å². The van der Waals surface area contributed by atoms with Gasteiger partial charge in [-0.25, -0.2) is 0 Å². The molecule has 0 spiro atoms. The second kappa shape index (κ2) is 7.82. The summed E-state index contributed by atoms with van der Waals surface area (Å²) >= 11 is 0. The van der Waals surface area contributed by atoms with Crippen LogP contribution in [0.15, 0.2) is 48.5 Å². The van der Waals surface area contributed by atoms with Gasteiger partial charge in [-0.1, -0.05) is 35.9 Å². The lowest BCUT2D eigenvalue weighted by Crippen LogP contribution is -3.15. The summed E-state index contributed by atoms with van der Waals surface area (Å²) in [5.41, 5.74) is 3.31. The summed E-state index contributed by atoms with van der Waals surface area (Å²) in [6, 6.07) is 15.4. The molecule has 1 aliphatic heterocycles.